The van der Waals surface area contributed by atoms with Gasteiger partial charge < -0.3 is 10.4 Å². The number of nitrogens with one attached hydrogen (secondary N) is 1. The number of halogens is 1. The lowest BCUT2D eigenvalue weighted by atomic mass is 10.1. The lowest BCUT2D eigenvalue weighted by Crippen LogP contribution is -2.21. The lowest BCUT2D eigenvalue weighted by molar-refractivity contribution is -0.384. The normalized spacial score (nSPS) is 12.2. The first-order valence-corrected chi connectivity index (χ1v) is 5.50. The van der Waals surface area contributed by atoms with Gasteiger partial charge in [0.05, 0.1) is 4.92 Å². The van der Waals surface area contributed by atoms with E-state index < -0.39 is 4.92 Å². The van der Waals surface area contributed by atoms with E-state index in [9.17, 15) is 10.1 Å². The van der Waals surface area contributed by atoms with Crippen molar-refractivity contribution in [1.29, 1.82) is 0 Å². The van der Waals surface area contributed by atoms with Crippen molar-refractivity contribution in [2.75, 3.05) is 11.9 Å². The van der Waals surface area contributed by atoms with Gasteiger partial charge >= 0.3 is 5.69 Å². The fourth-order valence-corrected chi connectivity index (χ4v) is 1.55. The topological polar surface area (TPSA) is 101 Å². The van der Waals surface area contributed by atoms with Crippen LogP contribution < -0.4 is 5.32 Å². The summed E-state index contributed by atoms with van der Waals surface area (Å²) in [6.45, 7) is 1.90. The molecule has 0 aliphatic carbocycles. The Bertz CT molecular complexity index is 402. The van der Waals surface area contributed by atoms with Crippen LogP contribution in [0.2, 0.25) is 5.15 Å². The van der Waals surface area contributed by atoms with Crippen molar-refractivity contribution < 1.29 is 10.0 Å². The molecule has 17 heavy (non-hydrogen) atoms. The maximum absolute atomic E-state index is 10.8. The van der Waals surface area contributed by atoms with Gasteiger partial charge in [0.1, 0.15) is 6.33 Å². The predicted molar refractivity (Wildman–Crippen MR) is 63.1 cm³/mol. The molecule has 1 atom stereocenters. The molecule has 0 spiro atoms. The summed E-state index contributed by atoms with van der Waals surface area (Å²) >= 11 is 5.65. The van der Waals surface area contributed by atoms with Gasteiger partial charge in [-0.05, 0) is 12.8 Å². The maximum Gasteiger partial charge on any atom is 0.348 e. The molecule has 2 N–H and O–H groups in total. The smallest absolute Gasteiger partial charge is 0.348 e. The number of hydrogen-bond acceptors (Lipinski definition) is 6. The number of nitrogens with zero attached hydrogens (tertiary/aromatic N) is 3. The number of aliphatic hydroxyl groups is 1. The number of anilines is 1. The third-order valence-corrected chi connectivity index (χ3v) is 2.55. The highest BCUT2D eigenvalue weighted by Gasteiger charge is 2.22. The van der Waals surface area contributed by atoms with Crippen molar-refractivity contribution in [2.24, 2.45) is 0 Å². The van der Waals surface area contributed by atoms with Crippen LogP contribution in [0.5, 0.6) is 0 Å². The standard InChI is InChI=1S/C9H13ClN4O3/c1-2-6(3-4-15)13-9-7(14(16)17)8(10)11-5-12-9/h5-6,15H,2-4H2,1H3,(H,11,12,13). The minimum Gasteiger partial charge on any atom is -0.396 e. The molecule has 0 saturated carbocycles. The van der Waals surface area contributed by atoms with Crippen LogP contribution in [-0.4, -0.2) is 32.6 Å². The summed E-state index contributed by atoms with van der Waals surface area (Å²) in [5, 5.41) is 22.3. The average molecular weight is 261 g/mol. The highest BCUT2D eigenvalue weighted by molar-refractivity contribution is 6.31. The zero-order chi connectivity index (χ0) is 12.8. The molecule has 94 valence electrons. The summed E-state index contributed by atoms with van der Waals surface area (Å²) in [6.07, 6.45) is 2.35. The zero-order valence-corrected chi connectivity index (χ0v) is 10.0. The fourth-order valence-electron chi connectivity index (χ4n) is 1.35. The van der Waals surface area contributed by atoms with Gasteiger partial charge in [0.15, 0.2) is 0 Å². The molecule has 0 amide bonds. The van der Waals surface area contributed by atoms with Crippen LogP contribution in [0, 0.1) is 10.1 Å². The van der Waals surface area contributed by atoms with Gasteiger partial charge in [-0.15, -0.1) is 0 Å². The zero-order valence-electron chi connectivity index (χ0n) is 9.26. The van der Waals surface area contributed by atoms with Crippen LogP contribution in [-0.2, 0) is 0 Å². The van der Waals surface area contributed by atoms with E-state index >= 15 is 0 Å². The van der Waals surface area contributed by atoms with E-state index in [0.717, 1.165) is 6.33 Å². The SMILES string of the molecule is CCC(CCO)Nc1ncnc(Cl)c1[N+](=O)[O-]. The summed E-state index contributed by atoms with van der Waals surface area (Å²) in [4.78, 5) is 17.6. The van der Waals surface area contributed by atoms with E-state index in [1.54, 1.807) is 0 Å². The molecule has 7 nitrogen and oxygen atoms in total. The second kappa shape index (κ2) is 6.31. The Kier molecular flexibility index (Phi) is 5.05. The molecular formula is C9H13ClN4O3. The van der Waals surface area contributed by atoms with Gasteiger partial charge in [-0.1, -0.05) is 18.5 Å². The Labute approximate surface area is 103 Å². The van der Waals surface area contributed by atoms with Gasteiger partial charge in [-0.3, -0.25) is 10.1 Å². The first-order valence-electron chi connectivity index (χ1n) is 5.12. The predicted octanol–water partition coefficient (Wildman–Crippen LogP) is 1.61. The van der Waals surface area contributed by atoms with Gasteiger partial charge in [0.25, 0.3) is 0 Å². The number of aromatic nitrogens is 2. The van der Waals surface area contributed by atoms with Crippen LogP contribution in [0.1, 0.15) is 19.8 Å². The Morgan fingerprint density at radius 1 is 1.65 bits per heavy atom. The Balaban J connectivity index is 2.97. The minimum absolute atomic E-state index is 0.00187. The summed E-state index contributed by atoms with van der Waals surface area (Å²) in [5.41, 5.74) is -0.342. The first-order chi connectivity index (χ1) is 8.10. The van der Waals surface area contributed by atoms with Crippen molar-refractivity contribution in [1.82, 2.24) is 9.97 Å². The van der Waals surface area contributed by atoms with Crippen LogP contribution in [0.4, 0.5) is 11.5 Å². The quantitative estimate of drug-likeness (QED) is 0.458. The largest absolute Gasteiger partial charge is 0.396 e. The van der Waals surface area contributed by atoms with Gasteiger partial charge in [-0.2, -0.15) is 0 Å². The van der Waals surface area contributed by atoms with Crippen molar-refractivity contribution in [3.05, 3.63) is 21.6 Å². The molecular weight excluding hydrogens is 248 g/mol. The van der Waals surface area contributed by atoms with E-state index in [0.29, 0.717) is 12.8 Å². The highest BCUT2D eigenvalue weighted by Crippen LogP contribution is 2.29. The van der Waals surface area contributed by atoms with Crippen LogP contribution in [0.15, 0.2) is 6.33 Å². The molecule has 0 fully saturated rings. The number of nitro groups is 1. The van der Waals surface area contributed by atoms with Crippen molar-refractivity contribution in [3.8, 4) is 0 Å². The van der Waals surface area contributed by atoms with E-state index in [2.05, 4.69) is 15.3 Å². The van der Waals surface area contributed by atoms with Crippen LogP contribution in [0.3, 0.4) is 0 Å². The summed E-state index contributed by atoms with van der Waals surface area (Å²) < 4.78 is 0. The molecule has 1 unspecified atom stereocenters. The van der Waals surface area contributed by atoms with Crippen molar-refractivity contribution >= 4 is 23.1 Å². The molecule has 8 heteroatoms. The summed E-state index contributed by atoms with van der Waals surface area (Å²) in [7, 11) is 0. The summed E-state index contributed by atoms with van der Waals surface area (Å²) in [6, 6.07) is -0.0929. The lowest BCUT2D eigenvalue weighted by Gasteiger charge is -2.15. The molecule has 0 bridgehead atoms. The molecule has 1 heterocycles. The van der Waals surface area contributed by atoms with Gasteiger partial charge in [0.2, 0.25) is 11.0 Å². The number of hydrogen-bond donors (Lipinski definition) is 2. The molecule has 1 aromatic rings. The Morgan fingerprint density at radius 3 is 2.88 bits per heavy atom. The van der Waals surface area contributed by atoms with Crippen LogP contribution in [0.25, 0.3) is 0 Å². The molecule has 0 saturated heterocycles. The van der Waals surface area contributed by atoms with E-state index in [4.69, 9.17) is 16.7 Å². The molecule has 0 aliphatic heterocycles. The van der Waals surface area contributed by atoms with Crippen molar-refractivity contribution in [3.63, 3.8) is 0 Å². The molecule has 0 radical (unpaired) electrons. The number of rotatable bonds is 6. The van der Waals surface area contributed by atoms with E-state index in [1.807, 2.05) is 6.92 Å². The maximum atomic E-state index is 10.8. The van der Waals surface area contributed by atoms with Crippen LogP contribution >= 0.6 is 11.6 Å². The Morgan fingerprint density at radius 2 is 2.35 bits per heavy atom. The average Bonchev–Trinajstić information content (AvgIpc) is 2.28. The minimum atomic E-state index is -0.629. The molecule has 1 aromatic heterocycles. The summed E-state index contributed by atoms with van der Waals surface area (Å²) in [5.74, 6) is 0.0790. The molecule has 0 aliphatic rings. The second-order valence-electron chi connectivity index (χ2n) is 3.38. The van der Waals surface area contributed by atoms with Gasteiger partial charge in [0, 0.05) is 12.6 Å². The first kappa shape index (κ1) is 13.6. The van der Waals surface area contributed by atoms with E-state index in [-0.39, 0.29) is 29.3 Å². The number of aliphatic hydroxyl groups excluding tert-OH is 1. The second-order valence-corrected chi connectivity index (χ2v) is 3.74. The highest BCUT2D eigenvalue weighted by atomic mass is 35.5. The third-order valence-electron chi connectivity index (χ3n) is 2.27. The fraction of sp³-hybridized carbons (Fsp3) is 0.556. The monoisotopic (exact) mass is 260 g/mol. The van der Waals surface area contributed by atoms with Crippen molar-refractivity contribution in [2.45, 2.75) is 25.8 Å². The van der Waals surface area contributed by atoms with Gasteiger partial charge in [-0.25, -0.2) is 9.97 Å². The Hall–Kier alpha value is -1.47. The third kappa shape index (κ3) is 3.50. The molecule has 1 rings (SSSR count). The van der Waals surface area contributed by atoms with E-state index in [1.165, 1.54) is 0 Å². The molecule has 0 aromatic carbocycles.